The van der Waals surface area contributed by atoms with Crippen LogP contribution in [0.5, 0.6) is 0 Å². The van der Waals surface area contributed by atoms with Gasteiger partial charge in [-0.15, -0.1) is 0 Å². The Bertz CT molecular complexity index is 195. The molecule has 84 valence electrons. The van der Waals surface area contributed by atoms with Crippen LogP contribution >= 0.6 is 12.2 Å². The highest BCUT2D eigenvalue weighted by atomic mass is 32.2. The van der Waals surface area contributed by atoms with Gasteiger partial charge in [0.25, 0.3) is 0 Å². The molecular formula is C9H20N2OS2. The average molecular weight is 236 g/mol. The molecule has 0 saturated carbocycles. The minimum Gasteiger partial charge on any atom is -0.363 e. The lowest BCUT2D eigenvalue weighted by Crippen LogP contribution is -2.37. The summed E-state index contributed by atoms with van der Waals surface area (Å²) in [6.45, 7) is 5.96. The normalized spacial score (nSPS) is 12.6. The molecule has 0 radical (unpaired) electrons. The summed E-state index contributed by atoms with van der Waals surface area (Å²) >= 11 is 5.05. The van der Waals surface area contributed by atoms with Crippen LogP contribution in [0, 0.1) is 5.92 Å². The third-order valence-corrected chi connectivity index (χ3v) is 2.72. The van der Waals surface area contributed by atoms with E-state index in [2.05, 4.69) is 24.5 Å². The van der Waals surface area contributed by atoms with E-state index in [0.717, 1.165) is 25.3 Å². The third kappa shape index (κ3) is 9.92. The number of nitrogens with one attached hydrogen (secondary N) is 2. The topological polar surface area (TPSA) is 41.1 Å². The van der Waals surface area contributed by atoms with Crippen molar-refractivity contribution in [1.29, 1.82) is 0 Å². The SMILES string of the molecule is CC(C)CNC(=S)NCCCS(C)=O. The van der Waals surface area contributed by atoms with E-state index in [4.69, 9.17) is 12.2 Å². The molecule has 0 fully saturated rings. The van der Waals surface area contributed by atoms with Crippen molar-refractivity contribution in [2.45, 2.75) is 20.3 Å². The van der Waals surface area contributed by atoms with Crippen molar-refractivity contribution in [2.75, 3.05) is 25.1 Å². The number of thiocarbonyl (C=S) groups is 1. The Morgan fingerprint density at radius 2 is 2.07 bits per heavy atom. The summed E-state index contributed by atoms with van der Waals surface area (Å²) in [5, 5.41) is 6.89. The van der Waals surface area contributed by atoms with E-state index in [9.17, 15) is 4.21 Å². The quantitative estimate of drug-likeness (QED) is 0.530. The van der Waals surface area contributed by atoms with E-state index in [1.165, 1.54) is 0 Å². The highest BCUT2D eigenvalue weighted by Gasteiger charge is 1.97. The maximum Gasteiger partial charge on any atom is 0.166 e. The fourth-order valence-electron chi connectivity index (χ4n) is 0.837. The van der Waals surface area contributed by atoms with Crippen LogP contribution in [0.25, 0.3) is 0 Å². The van der Waals surface area contributed by atoms with Gasteiger partial charge in [0.05, 0.1) is 0 Å². The van der Waals surface area contributed by atoms with E-state index in [0.29, 0.717) is 11.0 Å². The fourth-order valence-corrected chi connectivity index (χ4v) is 1.57. The molecule has 0 aliphatic heterocycles. The zero-order valence-electron chi connectivity index (χ0n) is 9.13. The Labute approximate surface area is 94.5 Å². The van der Waals surface area contributed by atoms with Gasteiger partial charge >= 0.3 is 0 Å². The summed E-state index contributed by atoms with van der Waals surface area (Å²) in [6, 6.07) is 0. The zero-order valence-corrected chi connectivity index (χ0v) is 10.8. The van der Waals surface area contributed by atoms with Gasteiger partial charge in [0, 0.05) is 35.9 Å². The summed E-state index contributed by atoms with van der Waals surface area (Å²) < 4.78 is 10.7. The molecule has 0 amide bonds. The molecule has 5 heteroatoms. The van der Waals surface area contributed by atoms with Crippen molar-refractivity contribution < 1.29 is 4.21 Å². The van der Waals surface area contributed by atoms with Gasteiger partial charge in [-0.3, -0.25) is 4.21 Å². The average Bonchev–Trinajstić information content (AvgIpc) is 2.08. The second kappa shape index (κ2) is 8.17. The van der Waals surface area contributed by atoms with Crippen LogP contribution in [0.1, 0.15) is 20.3 Å². The van der Waals surface area contributed by atoms with Gasteiger partial charge in [-0.1, -0.05) is 13.8 Å². The first-order valence-electron chi connectivity index (χ1n) is 4.84. The summed E-state index contributed by atoms with van der Waals surface area (Å²) in [4.78, 5) is 0. The molecule has 1 atom stereocenters. The van der Waals surface area contributed by atoms with Crippen LogP contribution in [0.4, 0.5) is 0 Å². The van der Waals surface area contributed by atoms with Gasteiger partial charge < -0.3 is 10.6 Å². The lowest BCUT2D eigenvalue weighted by molar-refractivity contribution is 0.619. The predicted octanol–water partition coefficient (Wildman–Crippen LogP) is 0.875. The van der Waals surface area contributed by atoms with Crippen molar-refractivity contribution in [1.82, 2.24) is 10.6 Å². The van der Waals surface area contributed by atoms with Crippen LogP contribution in [0.15, 0.2) is 0 Å². The van der Waals surface area contributed by atoms with Gasteiger partial charge in [0.15, 0.2) is 5.11 Å². The molecule has 3 nitrogen and oxygen atoms in total. The first kappa shape index (κ1) is 13.8. The second-order valence-electron chi connectivity index (χ2n) is 3.66. The van der Waals surface area contributed by atoms with Gasteiger partial charge in [-0.05, 0) is 24.6 Å². The third-order valence-electron chi connectivity index (χ3n) is 1.56. The summed E-state index contributed by atoms with van der Waals surface area (Å²) in [6.07, 6.45) is 2.61. The van der Waals surface area contributed by atoms with Crippen molar-refractivity contribution in [3.63, 3.8) is 0 Å². The van der Waals surface area contributed by atoms with Crippen LogP contribution in [-0.4, -0.2) is 34.4 Å². The Kier molecular flexibility index (Phi) is 8.08. The highest BCUT2D eigenvalue weighted by molar-refractivity contribution is 7.84. The molecule has 2 N–H and O–H groups in total. The lowest BCUT2D eigenvalue weighted by Gasteiger charge is -2.11. The van der Waals surface area contributed by atoms with Gasteiger partial charge in [-0.25, -0.2) is 0 Å². The Morgan fingerprint density at radius 1 is 1.43 bits per heavy atom. The Balaban J connectivity index is 3.31. The first-order chi connectivity index (χ1) is 6.52. The van der Waals surface area contributed by atoms with Crippen LogP contribution < -0.4 is 10.6 Å². The molecule has 1 unspecified atom stereocenters. The van der Waals surface area contributed by atoms with Crippen molar-refractivity contribution in [2.24, 2.45) is 5.92 Å². The van der Waals surface area contributed by atoms with Crippen LogP contribution in [0.2, 0.25) is 0 Å². The van der Waals surface area contributed by atoms with Gasteiger partial charge in [0.1, 0.15) is 0 Å². The molecular weight excluding hydrogens is 216 g/mol. The molecule has 0 aromatic carbocycles. The number of rotatable bonds is 6. The fraction of sp³-hybridized carbons (Fsp3) is 0.889. The van der Waals surface area contributed by atoms with E-state index in [1.54, 1.807) is 6.26 Å². The number of hydrogen-bond acceptors (Lipinski definition) is 2. The molecule has 0 aromatic rings. The van der Waals surface area contributed by atoms with Gasteiger partial charge in [-0.2, -0.15) is 0 Å². The molecule has 0 aromatic heterocycles. The Hall–Kier alpha value is -0.160. The van der Waals surface area contributed by atoms with E-state index in [-0.39, 0.29) is 0 Å². The maximum atomic E-state index is 10.7. The summed E-state index contributed by atoms with van der Waals surface area (Å²) in [5.74, 6) is 1.33. The zero-order chi connectivity index (χ0) is 11.0. The van der Waals surface area contributed by atoms with Crippen molar-refractivity contribution in [3.8, 4) is 0 Å². The van der Waals surface area contributed by atoms with Crippen molar-refractivity contribution in [3.05, 3.63) is 0 Å². The molecule has 0 spiro atoms. The minimum absolute atomic E-state index is 0.595. The monoisotopic (exact) mass is 236 g/mol. The van der Waals surface area contributed by atoms with E-state index >= 15 is 0 Å². The first-order valence-corrected chi connectivity index (χ1v) is 6.97. The molecule has 14 heavy (non-hydrogen) atoms. The smallest absolute Gasteiger partial charge is 0.166 e. The molecule has 0 aliphatic carbocycles. The predicted molar refractivity (Wildman–Crippen MR) is 67.0 cm³/mol. The Morgan fingerprint density at radius 3 is 2.57 bits per heavy atom. The van der Waals surface area contributed by atoms with Gasteiger partial charge in [0.2, 0.25) is 0 Å². The highest BCUT2D eigenvalue weighted by Crippen LogP contribution is 1.87. The lowest BCUT2D eigenvalue weighted by atomic mass is 10.2. The largest absolute Gasteiger partial charge is 0.363 e. The maximum absolute atomic E-state index is 10.7. The molecule has 0 aliphatic rings. The van der Waals surface area contributed by atoms with Crippen LogP contribution in [0.3, 0.4) is 0 Å². The minimum atomic E-state index is -0.695. The van der Waals surface area contributed by atoms with Crippen LogP contribution in [-0.2, 0) is 10.8 Å². The van der Waals surface area contributed by atoms with Crippen molar-refractivity contribution >= 4 is 28.1 Å². The molecule has 0 heterocycles. The summed E-state index contributed by atoms with van der Waals surface area (Å²) in [5.41, 5.74) is 0. The van der Waals surface area contributed by atoms with E-state index in [1.807, 2.05) is 0 Å². The number of hydrogen-bond donors (Lipinski definition) is 2. The standard InChI is InChI=1S/C9H20N2OS2/c1-8(2)7-11-9(13)10-5-4-6-14(3)12/h8H,4-7H2,1-3H3,(H2,10,11,13). The molecule has 0 bridgehead atoms. The summed E-state index contributed by atoms with van der Waals surface area (Å²) in [7, 11) is -0.695. The van der Waals surface area contributed by atoms with E-state index < -0.39 is 10.8 Å². The molecule has 0 saturated heterocycles. The molecule has 0 rings (SSSR count). The second-order valence-corrected chi connectivity index (χ2v) is 5.62.